The van der Waals surface area contributed by atoms with Gasteiger partial charge in [0.2, 0.25) is 5.91 Å². The maximum atomic E-state index is 13.6. The number of ether oxygens (including phenoxy) is 11. The van der Waals surface area contributed by atoms with E-state index in [2.05, 4.69) is 25.6 Å². The molecule has 0 radical (unpaired) electrons. The average molecular weight is 1050 g/mol. The number of amides is 3. The fourth-order valence-electron chi connectivity index (χ4n) is 6.55. The zero-order chi connectivity index (χ0) is 52.7. The molecule has 74 heavy (non-hydrogen) atoms. The van der Waals surface area contributed by atoms with Crippen molar-refractivity contribution in [2.24, 2.45) is 10.7 Å². The molecule has 4 rings (SSSR count). The van der Waals surface area contributed by atoms with Gasteiger partial charge in [0.15, 0.2) is 0 Å². The van der Waals surface area contributed by atoms with Crippen LogP contribution in [0, 0.1) is 0 Å². The van der Waals surface area contributed by atoms with Gasteiger partial charge in [0, 0.05) is 55.0 Å². The second-order valence-electron chi connectivity index (χ2n) is 16.5. The summed E-state index contributed by atoms with van der Waals surface area (Å²) in [6, 6.07) is 5.60. The van der Waals surface area contributed by atoms with E-state index in [9.17, 15) is 19.2 Å². The monoisotopic (exact) mass is 1050 g/mol. The summed E-state index contributed by atoms with van der Waals surface area (Å²) in [4.78, 5) is 67.6. The van der Waals surface area contributed by atoms with E-state index in [4.69, 9.17) is 67.8 Å². The Morgan fingerprint density at radius 1 is 0.662 bits per heavy atom. The molecule has 2 aliphatic rings. The van der Waals surface area contributed by atoms with E-state index < -0.39 is 12.1 Å². The van der Waals surface area contributed by atoms with Crippen molar-refractivity contribution in [3.05, 3.63) is 47.6 Å². The van der Waals surface area contributed by atoms with Crippen LogP contribution in [0.2, 0.25) is 0 Å². The molecule has 1 aliphatic carbocycles. The molecule has 0 saturated heterocycles. The number of benzene rings is 1. The van der Waals surface area contributed by atoms with Gasteiger partial charge in [-0.25, -0.2) is 24.8 Å². The number of amidine groups is 1. The molecule has 1 saturated carbocycles. The molecule has 1 aliphatic heterocycles. The Balaban J connectivity index is 0.931. The predicted molar refractivity (Wildman–Crippen MR) is 268 cm³/mol. The van der Waals surface area contributed by atoms with Gasteiger partial charge in [-0.2, -0.15) is 0 Å². The van der Waals surface area contributed by atoms with Crippen LogP contribution in [0.3, 0.4) is 0 Å². The lowest BCUT2D eigenvalue weighted by atomic mass is 9.96. The van der Waals surface area contributed by atoms with Gasteiger partial charge in [-0.1, -0.05) is 19.1 Å². The largest absolute Gasteiger partial charge is 0.481 e. The molecule has 0 bridgehead atoms. The number of hydrogen-bond donors (Lipinski definition) is 4. The van der Waals surface area contributed by atoms with Crippen molar-refractivity contribution in [2.45, 2.75) is 64.5 Å². The summed E-state index contributed by atoms with van der Waals surface area (Å²) in [5.41, 5.74) is 9.56. The molecule has 1 aromatic heterocycles. The van der Waals surface area contributed by atoms with Crippen LogP contribution in [-0.4, -0.2) is 208 Å². The minimum Gasteiger partial charge on any atom is -0.481 e. The molecular formula is C50H77N7O17. The maximum Gasteiger partial charge on any atom is 0.407 e. The SMILES string of the molecule is CCCN(OCCNC(=O)OC1CCC1)C(=O)C1=Cc2ccc(-c3cnc(CNC(=O)CCOCCOCCOCCOCCOCCOCCOCCOCCOCCOCCC(=O)O)nc3)cc2N=C(N)C1. The summed E-state index contributed by atoms with van der Waals surface area (Å²) in [5.74, 6) is -0.695. The number of hydroxylamine groups is 2. The first kappa shape index (κ1) is 61.3. The second kappa shape index (κ2) is 39.2. The predicted octanol–water partition coefficient (Wildman–Crippen LogP) is 3.02. The van der Waals surface area contributed by atoms with E-state index in [-0.39, 0.29) is 75.9 Å². The van der Waals surface area contributed by atoms with Crippen molar-refractivity contribution in [1.29, 1.82) is 0 Å². The first-order valence-electron chi connectivity index (χ1n) is 25.4. The van der Waals surface area contributed by atoms with E-state index >= 15 is 0 Å². The number of fused-ring (bicyclic) bond motifs is 1. The Morgan fingerprint density at radius 2 is 1.16 bits per heavy atom. The molecule has 0 spiro atoms. The topological polar surface area (TPSA) is 291 Å². The molecule has 0 unspecified atom stereocenters. The first-order valence-corrected chi connectivity index (χ1v) is 25.4. The lowest BCUT2D eigenvalue weighted by Gasteiger charge is -2.25. The van der Waals surface area contributed by atoms with E-state index in [1.165, 1.54) is 5.06 Å². The van der Waals surface area contributed by atoms with E-state index in [0.717, 1.165) is 30.4 Å². The van der Waals surface area contributed by atoms with Gasteiger partial charge >= 0.3 is 12.1 Å². The normalized spacial score (nSPS) is 13.3. The minimum atomic E-state index is -0.886. The highest BCUT2D eigenvalue weighted by molar-refractivity contribution is 6.05. The summed E-state index contributed by atoms with van der Waals surface area (Å²) in [6.45, 7) is 10.8. The van der Waals surface area contributed by atoms with Crippen LogP contribution in [0.5, 0.6) is 0 Å². The Hall–Kier alpha value is -5.25. The standard InChI is InChI=1S/C50H77N7O17/c1-2-11-57(73-14-10-52-50(62)74-43-4-3-5-43)49(61)41-33-40-7-6-39(34-44(40)56-45(51)35-41)42-36-53-46(54-37-42)38-55-47(58)8-12-63-15-17-65-19-21-67-23-25-69-27-29-71-31-32-72-30-28-70-26-24-68-22-20-66-18-16-64-13-9-48(59)60/h6-7,33-34,36-37,43H,2-5,8-32,35,38H2,1H3,(H2,51,56)(H,52,62)(H,55,58)(H,59,60). The van der Waals surface area contributed by atoms with Gasteiger partial charge in [0.25, 0.3) is 5.91 Å². The number of nitrogens with zero attached hydrogens (tertiary/aromatic N) is 4. The van der Waals surface area contributed by atoms with Crippen LogP contribution < -0.4 is 16.4 Å². The highest BCUT2D eigenvalue weighted by Crippen LogP contribution is 2.32. The van der Waals surface area contributed by atoms with Gasteiger partial charge < -0.3 is 73.6 Å². The molecule has 1 fully saturated rings. The number of rotatable bonds is 44. The molecule has 414 valence electrons. The number of aliphatic carboxylic acids is 1. The summed E-state index contributed by atoms with van der Waals surface area (Å²) in [5, 5.41) is 15.3. The van der Waals surface area contributed by atoms with Gasteiger partial charge in [0.05, 0.1) is 157 Å². The summed E-state index contributed by atoms with van der Waals surface area (Å²) >= 11 is 0. The Labute approximate surface area is 433 Å². The molecule has 1 aromatic carbocycles. The van der Waals surface area contributed by atoms with Gasteiger partial charge in [0.1, 0.15) is 17.8 Å². The number of hydrogen-bond acceptors (Lipinski definition) is 20. The molecule has 24 heteroatoms. The summed E-state index contributed by atoms with van der Waals surface area (Å²) in [7, 11) is 0. The zero-order valence-corrected chi connectivity index (χ0v) is 42.8. The van der Waals surface area contributed by atoms with Gasteiger partial charge in [-0.15, -0.1) is 0 Å². The molecule has 24 nitrogen and oxygen atoms in total. The molecule has 0 atom stereocenters. The minimum absolute atomic E-state index is 0.0166. The number of carboxylic acid groups (broad SMARTS) is 1. The van der Waals surface area contributed by atoms with E-state index in [0.29, 0.717) is 155 Å². The Morgan fingerprint density at radius 3 is 1.64 bits per heavy atom. The fourth-order valence-corrected chi connectivity index (χ4v) is 6.55. The number of alkyl carbamates (subject to hydrolysis) is 1. The van der Waals surface area contributed by atoms with Crippen molar-refractivity contribution in [2.75, 3.05) is 152 Å². The number of carbonyl (C=O) groups is 4. The van der Waals surface area contributed by atoms with Crippen LogP contribution in [0.25, 0.3) is 17.2 Å². The fraction of sp³-hybridized carbons (Fsp3) is 0.660. The number of aromatic nitrogens is 2. The van der Waals surface area contributed by atoms with Crippen LogP contribution in [0.1, 0.15) is 63.3 Å². The highest BCUT2D eigenvalue weighted by atomic mass is 16.7. The third kappa shape index (κ3) is 27.9. The van der Waals surface area contributed by atoms with Crippen molar-refractivity contribution >= 4 is 41.5 Å². The zero-order valence-electron chi connectivity index (χ0n) is 42.8. The smallest absolute Gasteiger partial charge is 0.407 e. The van der Waals surface area contributed by atoms with Gasteiger partial charge in [-0.3, -0.25) is 19.2 Å². The van der Waals surface area contributed by atoms with E-state index in [1.807, 2.05) is 25.1 Å². The van der Waals surface area contributed by atoms with Crippen LogP contribution in [0.4, 0.5) is 10.5 Å². The summed E-state index contributed by atoms with van der Waals surface area (Å²) in [6.07, 6.45) is 8.38. The first-order chi connectivity index (χ1) is 36.2. The third-order valence-electron chi connectivity index (χ3n) is 10.6. The van der Waals surface area contributed by atoms with E-state index in [1.54, 1.807) is 18.5 Å². The number of nitrogens with two attached hydrogens (primary N) is 1. The highest BCUT2D eigenvalue weighted by Gasteiger charge is 2.24. The van der Waals surface area contributed by atoms with Crippen molar-refractivity contribution in [3.8, 4) is 11.1 Å². The molecular weight excluding hydrogens is 971 g/mol. The third-order valence-corrected chi connectivity index (χ3v) is 10.6. The van der Waals surface area contributed by atoms with Crippen LogP contribution >= 0.6 is 0 Å². The quantitative estimate of drug-likeness (QED) is 0.0548. The number of carboxylic acids is 1. The molecule has 3 amide bonds. The second-order valence-corrected chi connectivity index (χ2v) is 16.5. The average Bonchev–Trinajstić information content (AvgIpc) is 3.55. The Bertz CT molecular complexity index is 1960. The summed E-state index contributed by atoms with van der Waals surface area (Å²) < 4.78 is 59.7. The van der Waals surface area contributed by atoms with Crippen molar-refractivity contribution in [1.82, 2.24) is 25.7 Å². The van der Waals surface area contributed by atoms with Crippen LogP contribution in [0.15, 0.2) is 41.2 Å². The number of aliphatic imine (C=N–C) groups is 1. The van der Waals surface area contributed by atoms with Crippen LogP contribution in [-0.2, 0) is 77.9 Å². The number of carbonyl (C=O) groups excluding carboxylic acids is 3. The van der Waals surface area contributed by atoms with Crippen molar-refractivity contribution < 1.29 is 81.2 Å². The lowest BCUT2D eigenvalue weighted by molar-refractivity contribution is -0.181. The molecule has 5 N–H and O–H groups in total. The maximum absolute atomic E-state index is 13.6. The van der Waals surface area contributed by atoms with Crippen molar-refractivity contribution in [3.63, 3.8) is 0 Å². The molecule has 2 aromatic rings. The lowest BCUT2D eigenvalue weighted by Crippen LogP contribution is -2.38. The number of nitrogens with one attached hydrogen (secondary N) is 2. The molecule has 2 heterocycles. The Kier molecular flexibility index (Phi) is 32.5. The van der Waals surface area contributed by atoms with Gasteiger partial charge in [-0.05, 0) is 43.4 Å².